The lowest BCUT2D eigenvalue weighted by Gasteiger charge is -2.33. The van der Waals surface area contributed by atoms with Gasteiger partial charge in [-0.2, -0.15) is 4.98 Å². The number of nitrogen functional groups attached to an aromatic ring is 1. The van der Waals surface area contributed by atoms with E-state index in [-0.39, 0.29) is 23.7 Å². The van der Waals surface area contributed by atoms with E-state index in [4.69, 9.17) is 10.5 Å². The van der Waals surface area contributed by atoms with Crippen molar-refractivity contribution in [3.8, 4) is 0 Å². The Morgan fingerprint density at radius 2 is 2.17 bits per heavy atom. The minimum absolute atomic E-state index is 0.00213. The molecule has 0 fully saturated rings. The molecule has 134 valence electrons. The van der Waals surface area contributed by atoms with Crippen LogP contribution in [0, 0.1) is 0 Å². The zero-order valence-corrected chi connectivity index (χ0v) is 13.9. The molecule has 0 spiro atoms. The van der Waals surface area contributed by atoms with E-state index in [0.717, 1.165) is 23.7 Å². The standard InChI is InChI=1S/C12H20N5O6P/c1-2-3-4-5-23-12(6-18,24(20,21)22)17-7-14-8-9(17)15-11(13)16-10(8)19/h7,18H,2-6H2,1H3,(H2,20,21,22)(H3,13,15,16,19). The molecular weight excluding hydrogens is 341 g/mol. The average molecular weight is 361 g/mol. The van der Waals surface area contributed by atoms with E-state index in [0.29, 0.717) is 6.42 Å². The third kappa shape index (κ3) is 3.21. The van der Waals surface area contributed by atoms with Gasteiger partial charge >= 0.3 is 7.60 Å². The third-order valence-corrected chi connectivity index (χ3v) is 4.94. The zero-order valence-electron chi connectivity index (χ0n) is 13.0. The molecule has 0 bridgehead atoms. The molecule has 2 aromatic rings. The Morgan fingerprint density at radius 3 is 2.75 bits per heavy atom. The number of unbranched alkanes of at least 4 members (excludes halogenated alkanes) is 2. The SMILES string of the molecule is CCCCCOC(CO)(n1cnc2c(=O)[nH]c(N)nc21)P(=O)(O)O. The number of rotatable bonds is 8. The Kier molecular flexibility index (Phi) is 5.41. The number of hydrogen-bond acceptors (Lipinski definition) is 7. The fraction of sp³-hybridized carbons (Fsp3) is 0.583. The number of aliphatic hydroxyl groups is 1. The van der Waals surface area contributed by atoms with E-state index in [1.807, 2.05) is 6.92 Å². The van der Waals surface area contributed by atoms with Gasteiger partial charge in [0.1, 0.15) is 12.9 Å². The van der Waals surface area contributed by atoms with Crippen LogP contribution in [0.1, 0.15) is 26.2 Å². The van der Waals surface area contributed by atoms with Crippen molar-refractivity contribution in [1.82, 2.24) is 19.5 Å². The molecule has 1 unspecified atom stereocenters. The molecular formula is C12H20N5O6P. The second-order valence-electron chi connectivity index (χ2n) is 5.24. The van der Waals surface area contributed by atoms with E-state index >= 15 is 0 Å². The predicted octanol–water partition coefficient (Wildman–Crippen LogP) is -0.311. The fourth-order valence-corrected chi connectivity index (χ4v) is 3.15. The number of ether oxygens (including phenoxy) is 1. The molecule has 12 heteroatoms. The highest BCUT2D eigenvalue weighted by atomic mass is 31.2. The van der Waals surface area contributed by atoms with Gasteiger partial charge in [0.2, 0.25) is 5.95 Å². The molecule has 1 atom stereocenters. The number of anilines is 1. The summed E-state index contributed by atoms with van der Waals surface area (Å²) in [6.45, 7) is 0.922. The van der Waals surface area contributed by atoms with E-state index in [2.05, 4.69) is 15.0 Å². The van der Waals surface area contributed by atoms with Crippen LogP contribution < -0.4 is 11.3 Å². The van der Waals surface area contributed by atoms with Crippen molar-refractivity contribution in [2.24, 2.45) is 0 Å². The van der Waals surface area contributed by atoms with Crippen molar-refractivity contribution in [2.45, 2.75) is 31.7 Å². The number of hydrogen-bond donors (Lipinski definition) is 5. The topological polar surface area (TPSA) is 177 Å². The number of nitrogens with two attached hydrogens (primary N) is 1. The van der Waals surface area contributed by atoms with Crippen molar-refractivity contribution >= 4 is 24.7 Å². The Bertz CT molecular complexity index is 814. The number of nitrogens with one attached hydrogen (secondary N) is 1. The van der Waals surface area contributed by atoms with Gasteiger partial charge in [-0.1, -0.05) is 19.8 Å². The Hall–Kier alpha value is -1.78. The van der Waals surface area contributed by atoms with Gasteiger partial charge < -0.3 is 25.4 Å². The van der Waals surface area contributed by atoms with Crippen LogP contribution in [0.25, 0.3) is 11.2 Å². The number of aromatic amines is 1. The van der Waals surface area contributed by atoms with Crippen LogP contribution in [0.5, 0.6) is 0 Å². The highest BCUT2D eigenvalue weighted by molar-refractivity contribution is 7.52. The fourth-order valence-electron chi connectivity index (χ4n) is 2.28. The molecule has 11 nitrogen and oxygen atoms in total. The molecule has 0 saturated heterocycles. The first kappa shape index (κ1) is 18.6. The summed E-state index contributed by atoms with van der Waals surface area (Å²) >= 11 is 0. The average Bonchev–Trinajstić information content (AvgIpc) is 2.91. The van der Waals surface area contributed by atoms with Crippen molar-refractivity contribution in [1.29, 1.82) is 0 Å². The van der Waals surface area contributed by atoms with Crippen LogP contribution >= 0.6 is 7.60 Å². The highest BCUT2D eigenvalue weighted by Gasteiger charge is 2.51. The first-order valence-electron chi connectivity index (χ1n) is 7.30. The number of aliphatic hydroxyl groups excluding tert-OH is 1. The van der Waals surface area contributed by atoms with Gasteiger partial charge in [-0.05, 0) is 6.42 Å². The van der Waals surface area contributed by atoms with E-state index in [1.54, 1.807) is 0 Å². The van der Waals surface area contributed by atoms with Gasteiger partial charge in [0.25, 0.3) is 11.0 Å². The number of fused-ring (bicyclic) bond motifs is 1. The van der Waals surface area contributed by atoms with Crippen molar-refractivity contribution in [3.63, 3.8) is 0 Å². The molecule has 0 amide bonds. The summed E-state index contributed by atoms with van der Waals surface area (Å²) < 4.78 is 18.3. The lowest BCUT2D eigenvalue weighted by Crippen LogP contribution is -2.40. The molecule has 0 radical (unpaired) electrons. The smallest absolute Gasteiger partial charge is 0.380 e. The molecule has 2 aromatic heterocycles. The Morgan fingerprint density at radius 1 is 1.46 bits per heavy atom. The molecule has 0 aliphatic rings. The van der Waals surface area contributed by atoms with Crippen LogP contribution in [-0.2, 0) is 14.8 Å². The second-order valence-corrected chi connectivity index (χ2v) is 7.03. The lowest BCUT2D eigenvalue weighted by molar-refractivity contribution is -0.0878. The molecule has 0 aliphatic heterocycles. The van der Waals surface area contributed by atoms with Gasteiger partial charge in [-0.3, -0.25) is 18.9 Å². The molecule has 0 aromatic carbocycles. The maximum atomic E-state index is 12.1. The number of imidazole rings is 1. The summed E-state index contributed by atoms with van der Waals surface area (Å²) in [6, 6.07) is 0. The second kappa shape index (κ2) is 6.99. The third-order valence-electron chi connectivity index (χ3n) is 3.54. The van der Waals surface area contributed by atoms with Gasteiger partial charge in [0, 0.05) is 0 Å². The van der Waals surface area contributed by atoms with Crippen molar-refractivity contribution in [3.05, 3.63) is 16.7 Å². The van der Waals surface area contributed by atoms with Crippen molar-refractivity contribution in [2.75, 3.05) is 18.9 Å². The molecule has 24 heavy (non-hydrogen) atoms. The van der Waals surface area contributed by atoms with Gasteiger partial charge in [0.05, 0.1) is 6.61 Å². The summed E-state index contributed by atoms with van der Waals surface area (Å²) in [6.07, 6.45) is 3.20. The molecule has 2 heterocycles. The monoisotopic (exact) mass is 361 g/mol. The Labute approximate surface area is 136 Å². The quantitative estimate of drug-likeness (QED) is 0.311. The van der Waals surface area contributed by atoms with E-state index < -0.39 is 25.2 Å². The van der Waals surface area contributed by atoms with Crippen LogP contribution in [-0.4, -0.2) is 47.6 Å². The zero-order chi connectivity index (χ0) is 18.0. The van der Waals surface area contributed by atoms with Gasteiger partial charge in [-0.25, -0.2) is 4.98 Å². The molecule has 0 aliphatic carbocycles. The number of nitrogens with zero attached hydrogens (tertiary/aromatic N) is 3. The van der Waals surface area contributed by atoms with Crippen LogP contribution in [0.4, 0.5) is 5.95 Å². The Balaban J connectivity index is 2.59. The van der Waals surface area contributed by atoms with E-state index in [1.165, 1.54) is 0 Å². The van der Waals surface area contributed by atoms with E-state index in [9.17, 15) is 24.3 Å². The minimum atomic E-state index is -5.02. The maximum absolute atomic E-state index is 12.1. The molecule has 0 saturated carbocycles. The molecule has 6 N–H and O–H groups in total. The minimum Gasteiger partial charge on any atom is -0.391 e. The first-order chi connectivity index (χ1) is 11.3. The van der Waals surface area contributed by atoms with Gasteiger partial charge in [-0.15, -0.1) is 0 Å². The van der Waals surface area contributed by atoms with Gasteiger partial charge in [0.15, 0.2) is 11.2 Å². The summed E-state index contributed by atoms with van der Waals surface area (Å²) in [5, 5.41) is 9.73. The summed E-state index contributed by atoms with van der Waals surface area (Å²) in [5.74, 6) is -0.252. The summed E-state index contributed by atoms with van der Waals surface area (Å²) in [4.78, 5) is 41.3. The first-order valence-corrected chi connectivity index (χ1v) is 8.92. The van der Waals surface area contributed by atoms with Crippen LogP contribution in [0.3, 0.4) is 0 Å². The highest BCUT2D eigenvalue weighted by Crippen LogP contribution is 2.55. The predicted molar refractivity (Wildman–Crippen MR) is 85.1 cm³/mol. The lowest BCUT2D eigenvalue weighted by atomic mass is 10.3. The normalized spacial score (nSPS) is 14.8. The molecule has 2 rings (SSSR count). The van der Waals surface area contributed by atoms with Crippen LogP contribution in [0.2, 0.25) is 0 Å². The largest absolute Gasteiger partial charge is 0.391 e. The van der Waals surface area contributed by atoms with Crippen LogP contribution in [0.15, 0.2) is 11.1 Å². The number of aromatic nitrogens is 4. The maximum Gasteiger partial charge on any atom is 0.380 e. The summed E-state index contributed by atoms with van der Waals surface area (Å²) in [7, 11) is -5.02. The van der Waals surface area contributed by atoms with Crippen molar-refractivity contribution < 1.29 is 24.2 Å². The summed E-state index contributed by atoms with van der Waals surface area (Å²) in [5.41, 5.74) is 2.02. The number of H-pyrrole nitrogens is 1.